The van der Waals surface area contributed by atoms with Crippen LogP contribution in [0.3, 0.4) is 0 Å². The lowest BCUT2D eigenvalue weighted by molar-refractivity contribution is 0.117. The van der Waals surface area contributed by atoms with E-state index < -0.39 is 21.8 Å². The van der Waals surface area contributed by atoms with Gasteiger partial charge in [0.05, 0.1) is 6.10 Å². The highest BCUT2D eigenvalue weighted by Gasteiger charge is 2.34. The fourth-order valence-electron chi connectivity index (χ4n) is 1.83. The Morgan fingerprint density at radius 2 is 1.88 bits per heavy atom. The summed E-state index contributed by atoms with van der Waals surface area (Å²) in [6.07, 6.45) is 2.85. The molecule has 0 aromatic rings. The molecule has 0 aliphatic heterocycles. The highest BCUT2D eigenvalue weighted by atomic mass is 31.2. The Kier molecular flexibility index (Phi) is 5.82. The number of aliphatic hydroxyl groups is 1. The van der Waals surface area contributed by atoms with Crippen LogP contribution in [0.15, 0.2) is 0 Å². The van der Waals surface area contributed by atoms with Crippen LogP contribution in [-0.4, -0.2) is 43.9 Å². The predicted octanol–water partition coefficient (Wildman–Crippen LogP) is -0.299. The third kappa shape index (κ3) is 4.76. The van der Waals surface area contributed by atoms with Gasteiger partial charge in [0.25, 0.3) is 0 Å². The quantitative estimate of drug-likeness (QED) is 0.440. The van der Waals surface area contributed by atoms with E-state index in [4.69, 9.17) is 14.7 Å². The first kappa shape index (κ1) is 14.5. The second-order valence-corrected chi connectivity index (χ2v) is 7.72. The fourth-order valence-corrected chi connectivity index (χ4v) is 3.11. The summed E-state index contributed by atoms with van der Waals surface area (Å²) in [5.74, 6) is 0. The van der Waals surface area contributed by atoms with E-state index in [1.54, 1.807) is 0 Å². The number of aliphatic hydroxyl groups excluding tert-OH is 1. The first-order chi connectivity index (χ1) is 7.43. The van der Waals surface area contributed by atoms with Crippen molar-refractivity contribution in [2.24, 2.45) is 0 Å². The molecule has 1 fully saturated rings. The normalized spacial score (nSPS) is 29.8. The lowest BCUT2D eigenvalue weighted by Gasteiger charge is -2.26. The maximum atomic E-state index is 11.0. The van der Waals surface area contributed by atoms with E-state index in [0.717, 1.165) is 25.7 Å². The molecule has 1 aliphatic rings. The first-order valence-electron chi connectivity index (χ1n) is 5.37. The summed E-state index contributed by atoms with van der Waals surface area (Å²) in [6.45, 7) is 0.150. The van der Waals surface area contributed by atoms with E-state index in [9.17, 15) is 9.67 Å². The van der Waals surface area contributed by atoms with Gasteiger partial charge in [-0.25, -0.2) is 0 Å². The van der Waals surface area contributed by atoms with E-state index in [2.05, 4.69) is 5.32 Å². The van der Waals surface area contributed by atoms with Crippen molar-refractivity contribution in [1.82, 2.24) is 5.32 Å². The Morgan fingerprint density at radius 1 is 1.31 bits per heavy atom. The summed E-state index contributed by atoms with van der Waals surface area (Å²) in [5.41, 5.74) is 0. The molecule has 0 heterocycles. The van der Waals surface area contributed by atoms with Crippen LogP contribution in [0.2, 0.25) is 0 Å². The molecule has 2 atom stereocenters. The van der Waals surface area contributed by atoms with Crippen LogP contribution in [0.5, 0.6) is 0 Å². The van der Waals surface area contributed by atoms with Crippen molar-refractivity contribution in [3.8, 4) is 0 Å². The van der Waals surface area contributed by atoms with Crippen LogP contribution in [0.1, 0.15) is 25.7 Å². The highest BCUT2D eigenvalue weighted by Crippen LogP contribution is 2.48. The monoisotopic (exact) mass is 272 g/mol. The van der Waals surface area contributed by atoms with Crippen molar-refractivity contribution in [1.29, 1.82) is 0 Å². The molecule has 1 aliphatic carbocycles. The molecule has 0 spiro atoms. The summed E-state index contributed by atoms with van der Waals surface area (Å²) in [7, 11) is -5.41. The molecule has 0 saturated heterocycles. The van der Waals surface area contributed by atoms with E-state index in [1.165, 1.54) is 0 Å². The first-order valence-corrected chi connectivity index (χ1v) is 8.24. The number of hydrogen-bond donors (Lipinski definition) is 5. The standard InChI is InChI=1S/C8H19NO5P2/c10-7-3-1-6(2-4-7)9-5-8(15-11)16(12,13)14/h6-11,15H,1-5H2,(H2,12,13,14)/p+1. The summed E-state index contributed by atoms with van der Waals surface area (Å²) in [5, 5.41) is 11.4. The lowest BCUT2D eigenvalue weighted by Crippen LogP contribution is -2.37. The minimum absolute atomic E-state index is 0.150. The highest BCUT2D eigenvalue weighted by molar-refractivity contribution is 7.63. The smallest absolute Gasteiger partial charge is 0.368 e. The van der Waals surface area contributed by atoms with Gasteiger partial charge in [-0.05, 0) is 25.7 Å². The van der Waals surface area contributed by atoms with Gasteiger partial charge < -0.3 is 20.2 Å². The summed E-state index contributed by atoms with van der Waals surface area (Å²) >= 11 is 0. The maximum absolute atomic E-state index is 11.0. The van der Waals surface area contributed by atoms with E-state index in [0.29, 0.717) is 0 Å². The van der Waals surface area contributed by atoms with E-state index in [-0.39, 0.29) is 18.7 Å². The zero-order valence-corrected chi connectivity index (χ0v) is 11.0. The van der Waals surface area contributed by atoms with Crippen LogP contribution in [0, 0.1) is 0 Å². The zero-order chi connectivity index (χ0) is 12.2. The minimum Gasteiger partial charge on any atom is -0.393 e. The van der Waals surface area contributed by atoms with Crippen LogP contribution in [0.4, 0.5) is 0 Å². The van der Waals surface area contributed by atoms with Gasteiger partial charge in [0.1, 0.15) is 8.81 Å². The van der Waals surface area contributed by atoms with Crippen molar-refractivity contribution in [3.05, 3.63) is 0 Å². The second kappa shape index (κ2) is 6.41. The van der Waals surface area contributed by atoms with Crippen molar-refractivity contribution in [3.63, 3.8) is 0 Å². The molecule has 96 valence electrons. The number of rotatable bonds is 5. The molecule has 1 rings (SSSR count). The van der Waals surface area contributed by atoms with Crippen molar-refractivity contribution < 1.29 is 24.4 Å². The van der Waals surface area contributed by atoms with Crippen molar-refractivity contribution >= 4 is 16.4 Å². The molecule has 1 saturated carbocycles. The number of nitrogens with one attached hydrogen (secondary N) is 1. The molecule has 8 heteroatoms. The van der Waals surface area contributed by atoms with Crippen LogP contribution >= 0.6 is 16.4 Å². The third-order valence-electron chi connectivity index (χ3n) is 2.92. The Labute approximate surface area is 96.5 Å². The summed E-state index contributed by atoms with van der Waals surface area (Å²) in [6, 6.07) is 0.198. The van der Waals surface area contributed by atoms with Gasteiger partial charge in [0, 0.05) is 12.6 Å². The second-order valence-electron chi connectivity index (χ2n) is 4.22. The van der Waals surface area contributed by atoms with Gasteiger partial charge >= 0.3 is 7.60 Å². The molecular weight excluding hydrogens is 252 g/mol. The van der Waals surface area contributed by atoms with Crippen molar-refractivity contribution in [2.75, 3.05) is 6.54 Å². The minimum atomic E-state index is -4.18. The molecule has 2 unspecified atom stereocenters. The molecule has 0 bridgehead atoms. The zero-order valence-electron chi connectivity index (χ0n) is 8.99. The molecular formula is C8H20NO5P2+. The summed E-state index contributed by atoms with van der Waals surface area (Å²) < 4.78 is 11.0. The predicted molar refractivity (Wildman–Crippen MR) is 64.0 cm³/mol. The summed E-state index contributed by atoms with van der Waals surface area (Å²) in [4.78, 5) is 26.8. The largest absolute Gasteiger partial charge is 0.393 e. The van der Waals surface area contributed by atoms with Crippen LogP contribution in [0.25, 0.3) is 0 Å². The Balaban J connectivity index is 2.30. The molecule has 16 heavy (non-hydrogen) atoms. The molecule has 0 amide bonds. The molecule has 5 N–H and O–H groups in total. The fraction of sp³-hybridized carbons (Fsp3) is 1.00. The van der Waals surface area contributed by atoms with E-state index in [1.807, 2.05) is 0 Å². The van der Waals surface area contributed by atoms with Gasteiger partial charge in [-0.2, -0.15) is 0 Å². The topological polar surface area (TPSA) is 110 Å². The maximum Gasteiger partial charge on any atom is 0.368 e. The molecule has 0 radical (unpaired) electrons. The van der Waals surface area contributed by atoms with Crippen LogP contribution < -0.4 is 5.32 Å². The van der Waals surface area contributed by atoms with Gasteiger partial charge in [-0.3, -0.25) is 9.46 Å². The third-order valence-corrected chi connectivity index (χ3v) is 6.11. The van der Waals surface area contributed by atoms with Gasteiger partial charge in [0.15, 0.2) is 0 Å². The Hall–Kier alpha value is 0.460. The Bertz CT molecular complexity index is 251. The molecule has 0 aromatic heterocycles. The lowest BCUT2D eigenvalue weighted by atomic mass is 9.93. The van der Waals surface area contributed by atoms with Crippen molar-refractivity contribution in [2.45, 2.75) is 43.2 Å². The van der Waals surface area contributed by atoms with E-state index >= 15 is 0 Å². The Morgan fingerprint density at radius 3 is 2.31 bits per heavy atom. The van der Waals surface area contributed by atoms with Crippen LogP contribution in [-0.2, 0) is 4.57 Å². The molecule has 0 aromatic carbocycles. The SMILES string of the molecule is O=P(O)(O)C(CNC1CCC(O)CC1)[PH2+]O. The van der Waals surface area contributed by atoms with Gasteiger partial charge in [-0.1, -0.05) is 0 Å². The molecule has 6 nitrogen and oxygen atoms in total. The van der Waals surface area contributed by atoms with Gasteiger partial charge in [-0.15, -0.1) is 0 Å². The average molecular weight is 272 g/mol. The average Bonchev–Trinajstić information content (AvgIpc) is 2.19. The number of hydrogen-bond acceptors (Lipinski definition) is 4. The van der Waals surface area contributed by atoms with Gasteiger partial charge in [0.2, 0.25) is 5.40 Å².